The molecule has 1 heterocycles. The van der Waals surface area contributed by atoms with Crippen LogP contribution < -0.4 is 4.72 Å². The Labute approximate surface area is 133 Å². The molecule has 116 valence electrons. The molecule has 0 aliphatic carbocycles. The number of nitrogens with zero attached hydrogens (tertiary/aromatic N) is 1. The van der Waals surface area contributed by atoms with Crippen LogP contribution in [-0.4, -0.2) is 25.1 Å². The Hall–Kier alpha value is -1.99. The topological polar surface area (TPSA) is 76.1 Å². The van der Waals surface area contributed by atoms with Gasteiger partial charge in [-0.05, 0) is 13.3 Å². The maximum absolute atomic E-state index is 12.1. The predicted molar refractivity (Wildman–Crippen MR) is 88.4 cm³/mol. The summed E-state index contributed by atoms with van der Waals surface area (Å²) < 4.78 is 25.6. The molecule has 0 aliphatic heterocycles. The van der Waals surface area contributed by atoms with Crippen LogP contribution in [0.4, 0.5) is 0 Å². The number of benzene rings is 1. The molecule has 7 heteroatoms. The first-order valence-corrected chi connectivity index (χ1v) is 9.08. The zero-order valence-corrected chi connectivity index (χ0v) is 13.7. The van der Waals surface area contributed by atoms with Gasteiger partial charge in [0.15, 0.2) is 0 Å². The molecule has 0 saturated carbocycles. The number of sulfonamides is 1. The number of aromatic nitrogens is 1. The summed E-state index contributed by atoms with van der Waals surface area (Å²) in [7, 11) is -3.67. The number of amides is 1. The molecule has 0 unspecified atom stereocenters. The van der Waals surface area contributed by atoms with Crippen LogP contribution in [0.25, 0.3) is 10.6 Å². The molecular weight excluding hydrogens is 320 g/mol. The largest absolute Gasteiger partial charge is 0.284 e. The van der Waals surface area contributed by atoms with Crippen LogP contribution in [0.3, 0.4) is 0 Å². The number of allylic oxidation sites excluding steroid dienone is 1. The van der Waals surface area contributed by atoms with Crippen molar-refractivity contribution in [2.75, 3.05) is 5.75 Å². The van der Waals surface area contributed by atoms with Gasteiger partial charge in [0.05, 0.1) is 5.75 Å². The highest BCUT2D eigenvalue weighted by Gasteiger charge is 2.21. The van der Waals surface area contributed by atoms with Crippen molar-refractivity contribution < 1.29 is 13.2 Å². The molecule has 0 aliphatic rings. The Morgan fingerprint density at radius 1 is 1.36 bits per heavy atom. The number of hydrogen-bond donors (Lipinski definition) is 1. The summed E-state index contributed by atoms with van der Waals surface area (Å²) in [6, 6.07) is 9.43. The van der Waals surface area contributed by atoms with Crippen molar-refractivity contribution in [1.29, 1.82) is 0 Å². The average molecular weight is 336 g/mol. The van der Waals surface area contributed by atoms with Crippen molar-refractivity contribution in [2.45, 2.75) is 13.3 Å². The molecule has 22 heavy (non-hydrogen) atoms. The number of rotatable bonds is 6. The molecular formula is C15H16N2O3S2. The van der Waals surface area contributed by atoms with Gasteiger partial charge in [0, 0.05) is 10.4 Å². The third-order valence-corrected chi connectivity index (χ3v) is 5.16. The second kappa shape index (κ2) is 6.85. The first-order chi connectivity index (χ1) is 10.4. The first-order valence-electron chi connectivity index (χ1n) is 6.61. The van der Waals surface area contributed by atoms with Crippen molar-refractivity contribution in [1.82, 2.24) is 9.71 Å². The fourth-order valence-electron chi connectivity index (χ4n) is 1.79. The van der Waals surface area contributed by atoms with Crippen LogP contribution in [0.15, 0.2) is 43.0 Å². The zero-order valence-electron chi connectivity index (χ0n) is 12.1. The Balaban J connectivity index is 2.21. The summed E-state index contributed by atoms with van der Waals surface area (Å²) >= 11 is 1.36. The zero-order chi connectivity index (χ0) is 16.2. The van der Waals surface area contributed by atoms with Crippen molar-refractivity contribution in [3.63, 3.8) is 0 Å². The lowest BCUT2D eigenvalue weighted by molar-refractivity contribution is 0.0977. The summed E-state index contributed by atoms with van der Waals surface area (Å²) in [5.74, 6) is -0.864. The summed E-state index contributed by atoms with van der Waals surface area (Å²) in [6.45, 7) is 5.21. The van der Waals surface area contributed by atoms with Gasteiger partial charge in [-0.2, -0.15) is 0 Å². The lowest BCUT2D eigenvalue weighted by atomic mass is 10.2. The second-order valence-corrected chi connectivity index (χ2v) is 7.66. The standard InChI is InChI=1S/C15H16N2O3S2/c1-3-4-10-22(19,20)17-14(18)13-11(2)21-15(16-13)12-8-6-5-7-9-12/h3,5-9H,1,4,10H2,2H3,(H,17,18). The summed E-state index contributed by atoms with van der Waals surface area (Å²) in [5.41, 5.74) is 1.04. The molecule has 1 amide bonds. The Morgan fingerprint density at radius 2 is 2.05 bits per heavy atom. The van der Waals surface area contributed by atoms with E-state index in [-0.39, 0.29) is 17.9 Å². The van der Waals surface area contributed by atoms with Crippen LogP contribution in [0.1, 0.15) is 21.8 Å². The highest BCUT2D eigenvalue weighted by molar-refractivity contribution is 7.90. The fraction of sp³-hybridized carbons (Fsp3) is 0.200. The van der Waals surface area contributed by atoms with Crippen LogP contribution in [0.5, 0.6) is 0 Å². The lowest BCUT2D eigenvalue weighted by Crippen LogP contribution is -2.33. The Kier molecular flexibility index (Phi) is 5.10. The molecule has 0 fully saturated rings. The maximum Gasteiger partial charge on any atom is 0.284 e. The van der Waals surface area contributed by atoms with E-state index in [0.29, 0.717) is 9.88 Å². The smallest absolute Gasteiger partial charge is 0.266 e. The van der Waals surface area contributed by atoms with E-state index in [4.69, 9.17) is 0 Å². The molecule has 0 atom stereocenters. The highest BCUT2D eigenvalue weighted by Crippen LogP contribution is 2.27. The normalized spacial score (nSPS) is 11.1. The van der Waals surface area contributed by atoms with Crippen molar-refractivity contribution in [3.8, 4) is 10.6 Å². The van der Waals surface area contributed by atoms with E-state index in [9.17, 15) is 13.2 Å². The third kappa shape index (κ3) is 4.02. The SMILES string of the molecule is C=CCCS(=O)(=O)NC(=O)c1nc(-c2ccccc2)sc1C. The van der Waals surface area contributed by atoms with E-state index in [2.05, 4.69) is 11.6 Å². The highest BCUT2D eigenvalue weighted by atomic mass is 32.2. The Morgan fingerprint density at radius 3 is 2.68 bits per heavy atom. The molecule has 2 aromatic rings. The summed E-state index contributed by atoms with van der Waals surface area (Å²) in [5, 5.41) is 0.687. The summed E-state index contributed by atoms with van der Waals surface area (Å²) in [6.07, 6.45) is 1.78. The van der Waals surface area contributed by atoms with Crippen molar-refractivity contribution in [3.05, 3.63) is 53.6 Å². The van der Waals surface area contributed by atoms with Gasteiger partial charge in [-0.1, -0.05) is 36.4 Å². The van der Waals surface area contributed by atoms with Gasteiger partial charge in [0.1, 0.15) is 10.7 Å². The predicted octanol–water partition coefficient (Wildman–Crippen LogP) is 2.75. The van der Waals surface area contributed by atoms with E-state index in [0.717, 1.165) is 5.56 Å². The fourth-order valence-corrected chi connectivity index (χ4v) is 3.66. The molecule has 1 aromatic carbocycles. The van der Waals surface area contributed by atoms with E-state index >= 15 is 0 Å². The minimum Gasteiger partial charge on any atom is -0.266 e. The number of nitrogens with one attached hydrogen (secondary N) is 1. The Bertz CT molecular complexity index is 780. The average Bonchev–Trinajstić information content (AvgIpc) is 2.88. The quantitative estimate of drug-likeness (QED) is 0.823. The van der Waals surface area contributed by atoms with E-state index in [1.807, 2.05) is 35.1 Å². The molecule has 2 rings (SSSR count). The number of carbonyl (C=O) groups excluding carboxylic acids is 1. The van der Waals surface area contributed by atoms with Crippen molar-refractivity contribution in [2.24, 2.45) is 0 Å². The van der Waals surface area contributed by atoms with Gasteiger partial charge in [0.25, 0.3) is 5.91 Å². The molecule has 0 bridgehead atoms. The number of hydrogen-bond acceptors (Lipinski definition) is 5. The first kappa shape index (κ1) is 16.4. The lowest BCUT2D eigenvalue weighted by Gasteiger charge is -2.04. The third-order valence-electron chi connectivity index (χ3n) is 2.87. The van der Waals surface area contributed by atoms with Gasteiger partial charge >= 0.3 is 0 Å². The number of carbonyl (C=O) groups is 1. The molecule has 1 N–H and O–H groups in total. The van der Waals surface area contributed by atoms with E-state index in [1.165, 1.54) is 17.4 Å². The van der Waals surface area contributed by atoms with E-state index < -0.39 is 15.9 Å². The van der Waals surface area contributed by atoms with Gasteiger partial charge < -0.3 is 0 Å². The van der Waals surface area contributed by atoms with Crippen molar-refractivity contribution >= 4 is 27.3 Å². The number of aryl methyl sites for hydroxylation is 1. The van der Waals surface area contributed by atoms with Crippen LogP contribution in [0.2, 0.25) is 0 Å². The van der Waals surface area contributed by atoms with Crippen LogP contribution in [-0.2, 0) is 10.0 Å². The molecule has 0 saturated heterocycles. The minimum absolute atomic E-state index is 0.144. The summed E-state index contributed by atoms with van der Waals surface area (Å²) in [4.78, 5) is 17.1. The monoisotopic (exact) mass is 336 g/mol. The van der Waals surface area contributed by atoms with Crippen LogP contribution >= 0.6 is 11.3 Å². The van der Waals surface area contributed by atoms with Crippen LogP contribution in [0, 0.1) is 6.92 Å². The minimum atomic E-state index is -3.67. The van der Waals surface area contributed by atoms with Gasteiger partial charge in [-0.3, -0.25) is 4.79 Å². The molecule has 5 nitrogen and oxygen atoms in total. The number of thiazole rings is 1. The van der Waals surface area contributed by atoms with E-state index in [1.54, 1.807) is 6.92 Å². The van der Waals surface area contributed by atoms with Gasteiger partial charge in [-0.25, -0.2) is 18.1 Å². The second-order valence-electron chi connectivity index (χ2n) is 4.62. The van der Waals surface area contributed by atoms with Gasteiger partial charge in [0.2, 0.25) is 10.0 Å². The van der Waals surface area contributed by atoms with Gasteiger partial charge in [-0.15, -0.1) is 17.9 Å². The molecule has 0 radical (unpaired) electrons. The maximum atomic E-state index is 12.1. The molecule has 1 aromatic heterocycles. The molecule has 0 spiro atoms.